The molecule has 2 fully saturated rings. The van der Waals surface area contributed by atoms with Gasteiger partial charge in [0, 0.05) is 25.2 Å². The molecule has 0 saturated carbocycles. The number of likely N-dealkylation sites (tertiary alicyclic amines) is 2. The molecule has 2 amide bonds. The number of piperidine rings is 1. The second-order valence-corrected chi connectivity index (χ2v) is 6.27. The van der Waals surface area contributed by atoms with Gasteiger partial charge >= 0.3 is 6.03 Å². The van der Waals surface area contributed by atoms with Crippen LogP contribution in [0.3, 0.4) is 0 Å². The zero-order valence-electron chi connectivity index (χ0n) is 12.5. The fourth-order valence-corrected chi connectivity index (χ4v) is 3.23. The molecule has 0 spiro atoms. The van der Waals surface area contributed by atoms with Crippen molar-refractivity contribution in [1.82, 2.24) is 15.1 Å². The Hall–Kier alpha value is -0.770. The highest BCUT2D eigenvalue weighted by molar-refractivity contribution is 5.74. The van der Waals surface area contributed by atoms with E-state index in [0.717, 1.165) is 25.9 Å². The summed E-state index contributed by atoms with van der Waals surface area (Å²) in [5.74, 6) is 0. The van der Waals surface area contributed by atoms with Crippen LogP contribution in [-0.2, 0) is 0 Å². The van der Waals surface area contributed by atoms with Gasteiger partial charge in [0.15, 0.2) is 0 Å². The van der Waals surface area contributed by atoms with E-state index in [9.17, 15) is 4.79 Å². The Balaban J connectivity index is 1.76. The summed E-state index contributed by atoms with van der Waals surface area (Å²) in [6.45, 7) is 8.40. The molecule has 0 radical (unpaired) electrons. The van der Waals surface area contributed by atoms with Crippen molar-refractivity contribution in [3.05, 3.63) is 0 Å². The van der Waals surface area contributed by atoms with Gasteiger partial charge in [0.1, 0.15) is 0 Å². The Kier molecular flexibility index (Phi) is 5.49. The van der Waals surface area contributed by atoms with Crippen molar-refractivity contribution in [1.29, 1.82) is 0 Å². The van der Waals surface area contributed by atoms with Gasteiger partial charge in [-0.2, -0.15) is 0 Å². The highest BCUT2D eigenvalue weighted by Gasteiger charge is 2.27. The van der Waals surface area contributed by atoms with Gasteiger partial charge in [0.05, 0.1) is 0 Å². The molecule has 19 heavy (non-hydrogen) atoms. The molecule has 4 nitrogen and oxygen atoms in total. The van der Waals surface area contributed by atoms with E-state index in [2.05, 4.69) is 10.2 Å². The van der Waals surface area contributed by atoms with Gasteiger partial charge in [-0.3, -0.25) is 0 Å². The smallest absolute Gasteiger partial charge is 0.317 e. The van der Waals surface area contributed by atoms with Crippen molar-refractivity contribution in [3.8, 4) is 0 Å². The summed E-state index contributed by atoms with van der Waals surface area (Å²) in [4.78, 5) is 16.6. The van der Waals surface area contributed by atoms with Crippen molar-refractivity contribution < 1.29 is 4.79 Å². The minimum atomic E-state index is 0.115. The van der Waals surface area contributed by atoms with Gasteiger partial charge in [0.25, 0.3) is 0 Å². The van der Waals surface area contributed by atoms with Crippen LogP contribution in [0.25, 0.3) is 0 Å². The van der Waals surface area contributed by atoms with Crippen LogP contribution in [0.15, 0.2) is 0 Å². The summed E-state index contributed by atoms with van der Waals surface area (Å²) in [6.07, 6.45) is 7.79. The Morgan fingerprint density at radius 2 is 1.58 bits per heavy atom. The summed E-state index contributed by atoms with van der Waals surface area (Å²) < 4.78 is 0. The first-order valence-electron chi connectivity index (χ1n) is 7.96. The lowest BCUT2D eigenvalue weighted by Crippen LogP contribution is -2.50. The molecule has 1 N–H and O–H groups in total. The summed E-state index contributed by atoms with van der Waals surface area (Å²) in [7, 11) is 0. The van der Waals surface area contributed by atoms with Gasteiger partial charge in [-0.15, -0.1) is 0 Å². The molecule has 4 heteroatoms. The molecule has 0 aromatic carbocycles. The minimum absolute atomic E-state index is 0.115. The molecule has 2 aliphatic rings. The molecule has 0 bridgehead atoms. The van der Waals surface area contributed by atoms with Gasteiger partial charge < -0.3 is 15.1 Å². The van der Waals surface area contributed by atoms with E-state index in [1.807, 2.05) is 18.7 Å². The third-order valence-corrected chi connectivity index (χ3v) is 4.32. The quantitative estimate of drug-likeness (QED) is 0.834. The number of hydrogen-bond acceptors (Lipinski definition) is 2. The van der Waals surface area contributed by atoms with E-state index in [-0.39, 0.29) is 12.1 Å². The Morgan fingerprint density at radius 1 is 1.00 bits per heavy atom. The van der Waals surface area contributed by atoms with E-state index in [1.54, 1.807) is 0 Å². The Bertz CT molecular complexity index is 277. The van der Waals surface area contributed by atoms with Crippen molar-refractivity contribution in [3.63, 3.8) is 0 Å². The van der Waals surface area contributed by atoms with Crippen molar-refractivity contribution in [2.75, 3.05) is 26.2 Å². The van der Waals surface area contributed by atoms with Crippen LogP contribution in [0.5, 0.6) is 0 Å². The summed E-state index contributed by atoms with van der Waals surface area (Å²) in [6, 6.07) is 1.06. The van der Waals surface area contributed by atoms with Crippen LogP contribution < -0.4 is 5.32 Å². The predicted molar refractivity (Wildman–Crippen MR) is 78.3 cm³/mol. The molecule has 0 atom stereocenters. The molecule has 2 saturated heterocycles. The maximum atomic E-state index is 11.9. The number of nitrogens with zero attached hydrogens (tertiary/aromatic N) is 2. The van der Waals surface area contributed by atoms with E-state index in [4.69, 9.17) is 0 Å². The monoisotopic (exact) mass is 267 g/mol. The highest BCUT2D eigenvalue weighted by Crippen LogP contribution is 2.20. The topological polar surface area (TPSA) is 35.6 Å². The first kappa shape index (κ1) is 14.6. The van der Waals surface area contributed by atoms with Crippen molar-refractivity contribution in [2.24, 2.45) is 0 Å². The first-order valence-corrected chi connectivity index (χ1v) is 7.96. The zero-order valence-corrected chi connectivity index (χ0v) is 12.5. The van der Waals surface area contributed by atoms with E-state index >= 15 is 0 Å². The number of hydrogen-bond donors (Lipinski definition) is 1. The second-order valence-electron chi connectivity index (χ2n) is 6.27. The molecule has 110 valence electrons. The van der Waals surface area contributed by atoms with E-state index < -0.39 is 0 Å². The van der Waals surface area contributed by atoms with Crippen LogP contribution in [-0.4, -0.2) is 54.1 Å². The number of amides is 2. The maximum absolute atomic E-state index is 11.9. The summed E-state index contributed by atoms with van der Waals surface area (Å²) in [5.41, 5.74) is 0. The third-order valence-electron chi connectivity index (χ3n) is 4.32. The number of nitrogens with one attached hydrogen (secondary N) is 1. The van der Waals surface area contributed by atoms with E-state index in [0.29, 0.717) is 6.04 Å². The molecular formula is C15H29N3O. The lowest BCUT2D eigenvalue weighted by Gasteiger charge is -2.38. The van der Waals surface area contributed by atoms with Crippen LogP contribution in [0.2, 0.25) is 0 Å². The molecule has 2 heterocycles. The first-order chi connectivity index (χ1) is 9.16. The van der Waals surface area contributed by atoms with Crippen LogP contribution in [0, 0.1) is 0 Å². The maximum Gasteiger partial charge on any atom is 0.317 e. The molecule has 2 rings (SSSR count). The lowest BCUT2D eigenvalue weighted by atomic mass is 10.0. The lowest BCUT2D eigenvalue weighted by molar-refractivity contribution is 0.119. The third kappa shape index (κ3) is 4.37. The fraction of sp³-hybridized carbons (Fsp3) is 0.933. The number of carbonyl (C=O) groups is 1. The minimum Gasteiger partial charge on any atom is -0.336 e. The van der Waals surface area contributed by atoms with E-state index in [1.165, 1.54) is 38.8 Å². The van der Waals surface area contributed by atoms with Gasteiger partial charge in [-0.05, 0) is 52.6 Å². The molecule has 0 aliphatic carbocycles. The van der Waals surface area contributed by atoms with Crippen molar-refractivity contribution >= 4 is 6.03 Å². The van der Waals surface area contributed by atoms with Crippen molar-refractivity contribution in [2.45, 2.75) is 64.5 Å². The second kappa shape index (κ2) is 7.13. The molecule has 0 aromatic rings. The average molecular weight is 267 g/mol. The normalized spacial score (nSPS) is 23.4. The van der Waals surface area contributed by atoms with Gasteiger partial charge in [-0.1, -0.05) is 12.8 Å². The predicted octanol–water partition coefficient (Wildman–Crippen LogP) is 2.44. The van der Waals surface area contributed by atoms with Gasteiger partial charge in [-0.25, -0.2) is 4.79 Å². The van der Waals surface area contributed by atoms with Crippen LogP contribution >= 0.6 is 0 Å². The Morgan fingerprint density at radius 3 is 2.11 bits per heavy atom. The fourth-order valence-electron chi connectivity index (χ4n) is 3.23. The zero-order chi connectivity index (χ0) is 13.7. The molecule has 2 aliphatic heterocycles. The molecular weight excluding hydrogens is 238 g/mol. The molecule has 0 unspecified atom stereocenters. The number of carbonyl (C=O) groups excluding carboxylic acids is 1. The van der Waals surface area contributed by atoms with Crippen LogP contribution in [0.4, 0.5) is 4.79 Å². The standard InChI is InChI=1S/C15H29N3O/c1-13(2)16-15(19)18-11-7-14(8-12-18)17-9-5-3-4-6-10-17/h13-14H,3-12H2,1-2H3,(H,16,19). The number of rotatable bonds is 2. The SMILES string of the molecule is CC(C)NC(=O)N1CCC(N2CCCCCC2)CC1. The molecule has 0 aromatic heterocycles. The van der Waals surface area contributed by atoms with Gasteiger partial charge in [0.2, 0.25) is 0 Å². The number of urea groups is 1. The Labute approximate surface area is 117 Å². The van der Waals surface area contributed by atoms with Crippen LogP contribution in [0.1, 0.15) is 52.4 Å². The average Bonchev–Trinajstić information content (AvgIpc) is 2.67. The largest absolute Gasteiger partial charge is 0.336 e. The highest BCUT2D eigenvalue weighted by atomic mass is 16.2. The summed E-state index contributed by atoms with van der Waals surface area (Å²) in [5, 5.41) is 2.99. The summed E-state index contributed by atoms with van der Waals surface area (Å²) >= 11 is 0.